The summed E-state index contributed by atoms with van der Waals surface area (Å²) in [6, 6.07) is 2.24. The Morgan fingerprint density at radius 1 is 1.00 bits per heavy atom. The normalized spacial score (nSPS) is 10.1. The molecule has 0 aliphatic heterocycles. The lowest BCUT2D eigenvalue weighted by atomic mass is 10.1. The van der Waals surface area contributed by atoms with E-state index in [0.717, 1.165) is 13.3 Å². The van der Waals surface area contributed by atoms with E-state index in [0.29, 0.717) is 0 Å². The zero-order valence-corrected chi connectivity index (χ0v) is 14.8. The van der Waals surface area contributed by atoms with Crippen molar-refractivity contribution >= 4 is 5.97 Å². The maximum absolute atomic E-state index is 9.00. The Hall–Kier alpha value is -1.25. The average molecular weight is 309 g/mol. The van der Waals surface area contributed by atoms with E-state index < -0.39 is 5.97 Å². The van der Waals surface area contributed by atoms with Gasteiger partial charge in [0.15, 0.2) is 0 Å². The Bertz CT molecular complexity index is 367. The highest BCUT2D eigenvalue weighted by Crippen LogP contribution is 2.10. The first kappa shape index (κ1) is 20.8. The lowest BCUT2D eigenvalue weighted by molar-refractivity contribution is -0.134. The van der Waals surface area contributed by atoms with Crippen LogP contribution in [0.2, 0.25) is 0 Å². The van der Waals surface area contributed by atoms with Gasteiger partial charge in [0.1, 0.15) is 0 Å². The topological polar surface area (TPSA) is 42.2 Å². The fourth-order valence-corrected chi connectivity index (χ4v) is 2.44. The quantitative estimate of drug-likeness (QED) is 0.535. The van der Waals surface area contributed by atoms with Gasteiger partial charge in [0.2, 0.25) is 0 Å². The minimum absolute atomic E-state index is 0.833. The summed E-state index contributed by atoms with van der Waals surface area (Å²) < 4.78 is 2.35. The van der Waals surface area contributed by atoms with Crippen molar-refractivity contribution < 1.29 is 9.90 Å². The number of carboxylic acid groups (broad SMARTS) is 1. The summed E-state index contributed by atoms with van der Waals surface area (Å²) in [5, 5.41) is 7.42. The van der Waals surface area contributed by atoms with Gasteiger partial charge in [-0.1, -0.05) is 65.2 Å². The second-order valence-corrected chi connectivity index (χ2v) is 5.96. The molecule has 1 N–H and O–H groups in total. The summed E-state index contributed by atoms with van der Waals surface area (Å²) >= 11 is 0. The van der Waals surface area contributed by atoms with E-state index in [9.17, 15) is 0 Å². The number of carboxylic acids is 1. The fraction of sp³-hybridized carbons (Fsp3) is 0.737. The maximum Gasteiger partial charge on any atom is 0.300 e. The molecule has 3 nitrogen and oxygen atoms in total. The summed E-state index contributed by atoms with van der Waals surface area (Å²) in [4.78, 5) is 9.00. The number of nitrogens with zero attached hydrogens (tertiary/aromatic N) is 1. The Kier molecular flexibility index (Phi) is 13.8. The standard InChI is InChI=1S/C17H31N.C2H4O2/c1-3-5-6-7-8-9-10-11-12-14-18-15-13-17(4-2)16-18;1-2(3)4/h13,15-16H,3-12,14H2,1-2H3;1H3,(H,3,4). The molecule has 0 aliphatic carbocycles. The van der Waals surface area contributed by atoms with E-state index in [1.165, 1.54) is 69.9 Å². The zero-order chi connectivity index (χ0) is 16.6. The van der Waals surface area contributed by atoms with Crippen molar-refractivity contribution in [3.05, 3.63) is 24.0 Å². The summed E-state index contributed by atoms with van der Waals surface area (Å²) in [6.45, 7) is 6.79. The number of hydrogen-bond acceptors (Lipinski definition) is 1. The molecule has 1 aromatic rings. The van der Waals surface area contributed by atoms with Crippen LogP contribution in [0, 0.1) is 0 Å². The first-order valence-corrected chi connectivity index (χ1v) is 8.94. The van der Waals surface area contributed by atoms with Crippen molar-refractivity contribution in [2.75, 3.05) is 0 Å². The highest BCUT2D eigenvalue weighted by Gasteiger charge is 1.95. The predicted molar refractivity (Wildman–Crippen MR) is 94.3 cm³/mol. The third-order valence-electron chi connectivity index (χ3n) is 3.74. The molecule has 3 heteroatoms. The van der Waals surface area contributed by atoms with Crippen LogP contribution in [-0.2, 0) is 17.8 Å². The van der Waals surface area contributed by atoms with Crippen LogP contribution < -0.4 is 0 Å². The predicted octanol–water partition coefficient (Wildman–Crippen LogP) is 5.67. The molecule has 22 heavy (non-hydrogen) atoms. The molecule has 0 fully saturated rings. The molecule has 0 atom stereocenters. The van der Waals surface area contributed by atoms with Gasteiger partial charge in [-0.05, 0) is 24.5 Å². The summed E-state index contributed by atoms with van der Waals surface area (Å²) in [7, 11) is 0. The van der Waals surface area contributed by atoms with Crippen LogP contribution in [0.25, 0.3) is 0 Å². The molecule has 128 valence electrons. The number of aliphatic carboxylic acids is 1. The van der Waals surface area contributed by atoms with Crippen molar-refractivity contribution in [2.24, 2.45) is 0 Å². The van der Waals surface area contributed by atoms with Crippen molar-refractivity contribution in [2.45, 2.75) is 91.5 Å². The van der Waals surface area contributed by atoms with Gasteiger partial charge in [0.25, 0.3) is 5.97 Å². The van der Waals surface area contributed by atoms with Crippen LogP contribution in [0.4, 0.5) is 0 Å². The van der Waals surface area contributed by atoms with Crippen LogP contribution in [0.5, 0.6) is 0 Å². The largest absolute Gasteiger partial charge is 0.481 e. The number of aromatic nitrogens is 1. The number of hydrogen-bond donors (Lipinski definition) is 1. The molecular weight excluding hydrogens is 274 g/mol. The third kappa shape index (κ3) is 13.7. The molecule has 0 radical (unpaired) electrons. The smallest absolute Gasteiger partial charge is 0.300 e. The molecule has 1 heterocycles. The molecule has 0 aliphatic rings. The first-order valence-electron chi connectivity index (χ1n) is 8.94. The van der Waals surface area contributed by atoms with Crippen LogP contribution in [0.1, 0.15) is 84.1 Å². The lowest BCUT2D eigenvalue weighted by Gasteiger charge is -2.03. The summed E-state index contributed by atoms with van der Waals surface area (Å²) in [5.74, 6) is -0.833. The lowest BCUT2D eigenvalue weighted by Crippen LogP contribution is -1.94. The number of aryl methyl sites for hydroxylation is 2. The molecule has 1 aromatic heterocycles. The van der Waals surface area contributed by atoms with Gasteiger partial charge in [-0.25, -0.2) is 0 Å². The van der Waals surface area contributed by atoms with Crippen LogP contribution >= 0.6 is 0 Å². The van der Waals surface area contributed by atoms with Gasteiger partial charge in [-0.15, -0.1) is 0 Å². The molecule has 0 bridgehead atoms. The van der Waals surface area contributed by atoms with E-state index in [1.807, 2.05) is 0 Å². The average Bonchev–Trinajstić information content (AvgIpc) is 2.93. The molecule has 0 amide bonds. The van der Waals surface area contributed by atoms with Gasteiger partial charge >= 0.3 is 0 Å². The van der Waals surface area contributed by atoms with Gasteiger partial charge in [-0.2, -0.15) is 0 Å². The highest BCUT2D eigenvalue weighted by atomic mass is 16.4. The molecule has 1 rings (SSSR count). The number of rotatable bonds is 11. The van der Waals surface area contributed by atoms with Crippen molar-refractivity contribution in [3.63, 3.8) is 0 Å². The van der Waals surface area contributed by atoms with Gasteiger partial charge in [0.05, 0.1) is 0 Å². The monoisotopic (exact) mass is 309 g/mol. The summed E-state index contributed by atoms with van der Waals surface area (Å²) in [6.07, 6.45) is 18.4. The molecule has 0 unspecified atom stereocenters. The van der Waals surface area contributed by atoms with Gasteiger partial charge in [-0.3, -0.25) is 4.79 Å². The SMILES string of the molecule is CC(=O)O.CCCCCCCCCCCn1ccc(CC)c1. The summed E-state index contributed by atoms with van der Waals surface area (Å²) in [5.41, 5.74) is 1.46. The van der Waals surface area contributed by atoms with Crippen molar-refractivity contribution in [1.82, 2.24) is 4.57 Å². The zero-order valence-electron chi connectivity index (χ0n) is 14.8. The van der Waals surface area contributed by atoms with Gasteiger partial charge in [0, 0.05) is 25.9 Å². The fourth-order valence-electron chi connectivity index (χ4n) is 2.44. The maximum atomic E-state index is 9.00. The molecule has 0 spiro atoms. The Balaban J connectivity index is 0.000000980. The first-order chi connectivity index (χ1) is 10.6. The van der Waals surface area contributed by atoms with E-state index >= 15 is 0 Å². The van der Waals surface area contributed by atoms with Crippen molar-refractivity contribution in [3.8, 4) is 0 Å². The minimum Gasteiger partial charge on any atom is -0.481 e. The molecule has 0 saturated heterocycles. The molecule has 0 aromatic carbocycles. The van der Waals surface area contributed by atoms with E-state index in [1.54, 1.807) is 0 Å². The van der Waals surface area contributed by atoms with Crippen LogP contribution in [0.15, 0.2) is 18.5 Å². The van der Waals surface area contributed by atoms with E-state index in [4.69, 9.17) is 9.90 Å². The van der Waals surface area contributed by atoms with Gasteiger partial charge < -0.3 is 9.67 Å². The minimum atomic E-state index is -0.833. The molecular formula is C19H35NO2. The highest BCUT2D eigenvalue weighted by molar-refractivity contribution is 5.62. The number of carbonyl (C=O) groups is 1. The van der Waals surface area contributed by atoms with Crippen LogP contribution in [-0.4, -0.2) is 15.6 Å². The van der Waals surface area contributed by atoms with Crippen molar-refractivity contribution in [1.29, 1.82) is 0 Å². The number of unbranched alkanes of at least 4 members (excludes halogenated alkanes) is 8. The molecule has 0 saturated carbocycles. The second kappa shape index (κ2) is 14.7. The Morgan fingerprint density at radius 3 is 1.95 bits per heavy atom. The second-order valence-electron chi connectivity index (χ2n) is 5.96. The Labute approximate surface area is 136 Å². The van der Waals surface area contributed by atoms with E-state index in [2.05, 4.69) is 36.9 Å². The third-order valence-corrected chi connectivity index (χ3v) is 3.74. The van der Waals surface area contributed by atoms with E-state index in [-0.39, 0.29) is 0 Å². The Morgan fingerprint density at radius 2 is 1.50 bits per heavy atom. The van der Waals surface area contributed by atoms with Crippen LogP contribution in [0.3, 0.4) is 0 Å².